The molecule has 35 heavy (non-hydrogen) atoms. The number of piperidine rings is 1. The van der Waals surface area contributed by atoms with Gasteiger partial charge in [-0.25, -0.2) is 0 Å². The predicted molar refractivity (Wildman–Crippen MR) is 133 cm³/mol. The quantitative estimate of drug-likeness (QED) is 0.681. The molecule has 182 valence electrons. The van der Waals surface area contributed by atoms with E-state index in [0.717, 1.165) is 41.8 Å². The fourth-order valence-corrected chi connectivity index (χ4v) is 7.36. The molecule has 6 heteroatoms. The molecule has 2 aliphatic heterocycles. The van der Waals surface area contributed by atoms with Crippen molar-refractivity contribution in [1.82, 2.24) is 9.80 Å². The number of benzene rings is 2. The topological polar surface area (TPSA) is 62.2 Å². The van der Waals surface area contributed by atoms with Crippen molar-refractivity contribution in [2.75, 3.05) is 27.7 Å². The summed E-state index contributed by atoms with van der Waals surface area (Å²) in [6.45, 7) is 2.89. The smallest absolute Gasteiger partial charge is 0.298 e. The Balaban J connectivity index is 1.41. The number of carbonyl (C=O) groups is 1. The van der Waals surface area contributed by atoms with Crippen LogP contribution in [0.5, 0.6) is 11.5 Å². The Morgan fingerprint density at radius 2 is 2.11 bits per heavy atom. The minimum atomic E-state index is -0.914. The highest BCUT2D eigenvalue weighted by molar-refractivity contribution is 5.94. The van der Waals surface area contributed by atoms with Crippen molar-refractivity contribution in [3.8, 4) is 23.3 Å². The molecule has 2 aromatic rings. The molecule has 6 nitrogen and oxygen atoms in total. The van der Waals surface area contributed by atoms with E-state index in [-0.39, 0.29) is 24.1 Å². The minimum absolute atomic E-state index is 0.0252. The highest BCUT2D eigenvalue weighted by atomic mass is 16.5. The van der Waals surface area contributed by atoms with Crippen LogP contribution in [0.1, 0.15) is 41.5 Å². The molecule has 1 amide bonds. The van der Waals surface area contributed by atoms with Gasteiger partial charge in [-0.15, -0.1) is 0 Å². The van der Waals surface area contributed by atoms with Crippen molar-refractivity contribution in [3.05, 3.63) is 58.7 Å². The molecule has 0 unspecified atom stereocenters. The van der Waals surface area contributed by atoms with E-state index in [1.54, 1.807) is 12.0 Å². The Hall–Kier alpha value is -3.01. The number of likely N-dealkylation sites (N-methyl/N-ethyl adjacent to an activating group) is 2. The molecule has 2 aliphatic carbocycles. The summed E-state index contributed by atoms with van der Waals surface area (Å²) in [5, 5.41) is 12.4. The van der Waals surface area contributed by atoms with Crippen LogP contribution in [0.3, 0.4) is 0 Å². The number of aryl methyl sites for hydroxylation is 1. The van der Waals surface area contributed by atoms with E-state index in [4.69, 9.17) is 9.47 Å². The summed E-state index contributed by atoms with van der Waals surface area (Å²) in [6, 6.07) is 11.8. The van der Waals surface area contributed by atoms with Gasteiger partial charge in [-0.2, -0.15) is 0 Å². The Labute approximate surface area is 206 Å². The molecule has 2 heterocycles. The molecule has 2 aromatic carbocycles. The molecular weight excluding hydrogens is 440 g/mol. The van der Waals surface area contributed by atoms with Gasteiger partial charge in [-0.3, -0.25) is 4.79 Å². The summed E-state index contributed by atoms with van der Waals surface area (Å²) < 4.78 is 12.4. The standard InChI is InChI=1S/C29H32N2O4/c1-18-6-5-7-19(16-18)8-11-24(32)31(3)21-12-13-29(33)23-17-20-9-10-22(34-4)26-25(20)28(29,27(21)35-26)14-15-30(23)2/h5-7,9-10,16,21,23,27,33H,12-15,17H2,1-4H3/t21-,23+,27-,28-,29+/m0/s1. The molecule has 1 saturated heterocycles. The first kappa shape index (κ1) is 22.5. The third kappa shape index (κ3) is 2.95. The van der Waals surface area contributed by atoms with E-state index in [1.807, 2.05) is 44.3 Å². The van der Waals surface area contributed by atoms with E-state index in [9.17, 15) is 9.90 Å². The number of methoxy groups -OCH3 is 1. The molecule has 6 rings (SSSR count). The second kappa shape index (κ2) is 7.74. The molecule has 0 aromatic heterocycles. The molecule has 1 spiro atoms. The lowest BCUT2D eigenvalue weighted by Crippen LogP contribution is -2.77. The number of hydrogen-bond acceptors (Lipinski definition) is 5. The number of carbonyl (C=O) groups excluding carboxylic acids is 1. The van der Waals surface area contributed by atoms with E-state index in [2.05, 4.69) is 29.9 Å². The number of rotatable bonds is 2. The third-order valence-electron chi connectivity index (χ3n) is 9.05. The van der Waals surface area contributed by atoms with E-state index < -0.39 is 11.0 Å². The second-order valence-electron chi connectivity index (χ2n) is 10.7. The number of ether oxygens (including phenoxy) is 2. The summed E-state index contributed by atoms with van der Waals surface area (Å²) in [4.78, 5) is 17.3. The van der Waals surface area contributed by atoms with Crippen molar-refractivity contribution >= 4 is 5.91 Å². The van der Waals surface area contributed by atoms with Crippen LogP contribution in [0.15, 0.2) is 36.4 Å². The van der Waals surface area contributed by atoms with Crippen molar-refractivity contribution in [2.45, 2.75) is 61.8 Å². The first-order valence-electron chi connectivity index (χ1n) is 12.5. The number of amides is 1. The molecular formula is C29H32N2O4. The number of hydrogen-bond donors (Lipinski definition) is 1. The van der Waals surface area contributed by atoms with E-state index in [0.29, 0.717) is 18.6 Å². The maximum Gasteiger partial charge on any atom is 0.298 e. The lowest BCUT2D eigenvalue weighted by Gasteiger charge is -2.64. The summed E-state index contributed by atoms with van der Waals surface area (Å²) in [5.74, 6) is 7.07. The first-order chi connectivity index (χ1) is 16.8. The van der Waals surface area contributed by atoms with Crippen molar-refractivity contribution in [1.29, 1.82) is 0 Å². The Morgan fingerprint density at radius 3 is 2.89 bits per heavy atom. The zero-order chi connectivity index (χ0) is 24.5. The van der Waals surface area contributed by atoms with Crippen LogP contribution in [0.4, 0.5) is 0 Å². The largest absolute Gasteiger partial charge is 0.493 e. The fraction of sp³-hybridized carbons (Fsp3) is 0.483. The molecule has 2 bridgehead atoms. The normalized spacial score (nSPS) is 32.1. The fourth-order valence-electron chi connectivity index (χ4n) is 7.36. The van der Waals surface area contributed by atoms with Gasteiger partial charge in [-0.1, -0.05) is 24.1 Å². The lowest BCUT2D eigenvalue weighted by atomic mass is 9.48. The van der Waals surface area contributed by atoms with Gasteiger partial charge in [0.1, 0.15) is 6.10 Å². The van der Waals surface area contributed by atoms with Crippen LogP contribution in [0.2, 0.25) is 0 Å². The van der Waals surface area contributed by atoms with Gasteiger partial charge in [0.25, 0.3) is 5.91 Å². The number of likely N-dealkylation sites (tertiary alicyclic amines) is 1. The average molecular weight is 473 g/mol. The maximum absolute atomic E-state index is 13.3. The molecule has 4 aliphatic rings. The van der Waals surface area contributed by atoms with Crippen LogP contribution in [-0.2, 0) is 16.6 Å². The van der Waals surface area contributed by atoms with Crippen LogP contribution in [-0.4, -0.2) is 72.4 Å². The highest BCUT2D eigenvalue weighted by Gasteiger charge is 2.73. The lowest BCUT2D eigenvalue weighted by molar-refractivity contribution is -0.195. The number of nitrogens with zero attached hydrogens (tertiary/aromatic N) is 2. The Morgan fingerprint density at radius 1 is 1.29 bits per heavy atom. The van der Waals surface area contributed by atoms with Crippen LogP contribution in [0.25, 0.3) is 0 Å². The SMILES string of the molecule is COc1ccc2c3c1O[C@H]1[C@@H](N(C)C(=O)C#Cc4cccc(C)c4)CC[C@@]4(O)[C@@H](C2)N(C)CC[C@]314. The van der Waals surface area contributed by atoms with E-state index in [1.165, 1.54) is 5.56 Å². The molecule has 0 radical (unpaired) electrons. The summed E-state index contributed by atoms with van der Waals surface area (Å²) in [5.41, 5.74) is 2.78. The molecule has 2 fully saturated rings. The minimum Gasteiger partial charge on any atom is -0.493 e. The summed E-state index contributed by atoms with van der Waals surface area (Å²) >= 11 is 0. The number of aliphatic hydroxyl groups is 1. The average Bonchev–Trinajstić information content (AvgIpc) is 3.20. The molecule has 5 atom stereocenters. The van der Waals surface area contributed by atoms with Crippen LogP contribution < -0.4 is 9.47 Å². The van der Waals surface area contributed by atoms with E-state index >= 15 is 0 Å². The van der Waals surface area contributed by atoms with Crippen LogP contribution >= 0.6 is 0 Å². The summed E-state index contributed by atoms with van der Waals surface area (Å²) in [6.07, 6.45) is 2.50. The monoisotopic (exact) mass is 472 g/mol. The highest BCUT2D eigenvalue weighted by Crippen LogP contribution is 2.65. The van der Waals surface area contributed by atoms with Crippen molar-refractivity contribution < 1.29 is 19.4 Å². The third-order valence-corrected chi connectivity index (χ3v) is 9.05. The van der Waals surface area contributed by atoms with Gasteiger partial charge < -0.3 is 24.4 Å². The van der Waals surface area contributed by atoms with Crippen molar-refractivity contribution in [2.24, 2.45) is 0 Å². The van der Waals surface area contributed by atoms with Crippen molar-refractivity contribution in [3.63, 3.8) is 0 Å². The Bertz CT molecular complexity index is 1280. The second-order valence-corrected chi connectivity index (χ2v) is 10.7. The Kier molecular flexibility index (Phi) is 4.97. The van der Waals surface area contributed by atoms with Gasteiger partial charge in [0.2, 0.25) is 0 Å². The zero-order valence-electron chi connectivity index (χ0n) is 20.8. The van der Waals surface area contributed by atoms with Gasteiger partial charge >= 0.3 is 0 Å². The maximum atomic E-state index is 13.3. The van der Waals surface area contributed by atoms with Gasteiger partial charge in [0.05, 0.1) is 24.2 Å². The van der Waals surface area contributed by atoms with Crippen LogP contribution in [0, 0.1) is 18.8 Å². The first-order valence-corrected chi connectivity index (χ1v) is 12.5. The van der Waals surface area contributed by atoms with Gasteiger partial charge in [0, 0.05) is 30.1 Å². The van der Waals surface area contributed by atoms with Gasteiger partial charge in [0.15, 0.2) is 11.5 Å². The van der Waals surface area contributed by atoms with Gasteiger partial charge in [-0.05, 0) is 75.5 Å². The predicted octanol–water partition coefficient (Wildman–Crippen LogP) is 2.67. The zero-order valence-corrected chi connectivity index (χ0v) is 20.8. The molecule has 1 N–H and O–H groups in total. The summed E-state index contributed by atoms with van der Waals surface area (Å²) in [7, 11) is 5.58. The molecule has 1 saturated carbocycles.